The van der Waals surface area contributed by atoms with Gasteiger partial charge in [-0.05, 0) is 73.4 Å². The topological polar surface area (TPSA) is 9.23 Å². The Kier molecular flexibility index (Phi) is 7.36. The second-order valence-corrected chi connectivity index (χ2v) is 7.64. The van der Waals surface area contributed by atoms with Gasteiger partial charge in [0.2, 0.25) is 0 Å². The highest BCUT2D eigenvalue weighted by Gasteiger charge is 2.23. The Hall–Kier alpha value is -2.55. The predicted octanol–water partition coefficient (Wildman–Crippen LogP) is 7.18. The Balaban J connectivity index is 1.75. The van der Waals surface area contributed by atoms with Crippen LogP contribution in [-0.4, -0.2) is 6.61 Å². The lowest BCUT2D eigenvalue weighted by molar-refractivity contribution is -0.0521. The summed E-state index contributed by atoms with van der Waals surface area (Å²) in [6, 6.07) is 5.78. The minimum Gasteiger partial charge on any atom is -0.432 e. The maximum atomic E-state index is 14.5. The lowest BCUT2D eigenvalue weighted by Gasteiger charge is -2.28. The first-order chi connectivity index (χ1) is 14.4. The number of alkyl halides is 2. The van der Waals surface area contributed by atoms with Crippen LogP contribution in [0.3, 0.4) is 0 Å². The number of rotatable bonds is 5. The smallest absolute Gasteiger partial charge is 0.387 e. The van der Waals surface area contributed by atoms with E-state index in [-0.39, 0.29) is 11.5 Å². The summed E-state index contributed by atoms with van der Waals surface area (Å²) >= 11 is 0. The van der Waals surface area contributed by atoms with E-state index in [4.69, 9.17) is 0 Å². The molecule has 2 aromatic carbocycles. The third kappa shape index (κ3) is 5.53. The standard InChI is InChI=1S/C24H23F5O/c1-2-3-15-4-8-17(9-5-15)18-13-20(25)19(21(26)14-18)10-6-16-7-11-23(22(27)12-16)30-24(28)29/h7,11-15,17,24H,2-5,8-9H2,1H3. The van der Waals surface area contributed by atoms with E-state index in [2.05, 4.69) is 23.5 Å². The molecular formula is C24H23F5O. The Morgan fingerprint density at radius 1 is 0.933 bits per heavy atom. The van der Waals surface area contributed by atoms with Gasteiger partial charge in [-0.3, -0.25) is 0 Å². The highest BCUT2D eigenvalue weighted by Crippen LogP contribution is 2.38. The molecule has 6 heteroatoms. The average Bonchev–Trinajstić information content (AvgIpc) is 2.70. The summed E-state index contributed by atoms with van der Waals surface area (Å²) in [6.07, 6.45) is 6.32. The van der Waals surface area contributed by atoms with Crippen molar-refractivity contribution in [1.29, 1.82) is 0 Å². The highest BCUT2D eigenvalue weighted by molar-refractivity contribution is 5.47. The summed E-state index contributed by atoms with van der Waals surface area (Å²) in [5.41, 5.74) is 0.336. The molecule has 0 radical (unpaired) electrons. The fourth-order valence-corrected chi connectivity index (χ4v) is 4.05. The molecule has 0 aromatic heterocycles. The normalized spacial score (nSPS) is 18.8. The lowest BCUT2D eigenvalue weighted by Crippen LogP contribution is -2.13. The van der Waals surface area contributed by atoms with Crippen LogP contribution >= 0.6 is 0 Å². The van der Waals surface area contributed by atoms with Crippen LogP contribution in [-0.2, 0) is 0 Å². The molecule has 1 aliphatic carbocycles. The summed E-state index contributed by atoms with van der Waals surface area (Å²) in [7, 11) is 0. The molecule has 0 unspecified atom stereocenters. The van der Waals surface area contributed by atoms with Crippen molar-refractivity contribution < 1.29 is 26.7 Å². The fourth-order valence-electron chi connectivity index (χ4n) is 4.05. The van der Waals surface area contributed by atoms with Crippen molar-refractivity contribution in [3.63, 3.8) is 0 Å². The van der Waals surface area contributed by atoms with Gasteiger partial charge in [0, 0.05) is 5.56 Å². The Bertz CT molecular complexity index is 913. The van der Waals surface area contributed by atoms with E-state index in [9.17, 15) is 22.0 Å². The summed E-state index contributed by atoms with van der Waals surface area (Å²) in [6.45, 7) is -0.990. The molecule has 1 nitrogen and oxygen atoms in total. The maximum absolute atomic E-state index is 14.5. The van der Waals surface area contributed by atoms with Crippen molar-refractivity contribution in [2.45, 2.75) is 58.0 Å². The van der Waals surface area contributed by atoms with Crippen LogP contribution in [0.25, 0.3) is 0 Å². The van der Waals surface area contributed by atoms with E-state index in [0.717, 1.165) is 44.2 Å². The molecule has 160 valence electrons. The van der Waals surface area contributed by atoms with Crippen molar-refractivity contribution >= 4 is 0 Å². The van der Waals surface area contributed by atoms with Crippen molar-refractivity contribution in [3.8, 4) is 17.6 Å². The summed E-state index contributed by atoms with van der Waals surface area (Å²) in [5.74, 6) is 2.52. The van der Waals surface area contributed by atoms with Gasteiger partial charge < -0.3 is 4.74 Å². The van der Waals surface area contributed by atoms with Crippen LogP contribution in [0.1, 0.15) is 68.1 Å². The van der Waals surface area contributed by atoms with Gasteiger partial charge in [0.05, 0.1) is 5.56 Å². The molecule has 0 spiro atoms. The molecule has 0 amide bonds. The van der Waals surface area contributed by atoms with Gasteiger partial charge in [-0.25, -0.2) is 13.2 Å². The Morgan fingerprint density at radius 3 is 2.17 bits per heavy atom. The second-order valence-electron chi connectivity index (χ2n) is 7.64. The van der Waals surface area contributed by atoms with Gasteiger partial charge in [0.1, 0.15) is 11.6 Å². The van der Waals surface area contributed by atoms with Crippen LogP contribution < -0.4 is 4.74 Å². The van der Waals surface area contributed by atoms with E-state index >= 15 is 0 Å². The van der Waals surface area contributed by atoms with Crippen LogP contribution in [0.4, 0.5) is 22.0 Å². The van der Waals surface area contributed by atoms with Crippen LogP contribution in [0.5, 0.6) is 5.75 Å². The Labute approximate surface area is 173 Å². The monoisotopic (exact) mass is 422 g/mol. The van der Waals surface area contributed by atoms with E-state index in [1.807, 2.05) is 0 Å². The number of halogens is 5. The molecule has 3 rings (SSSR count). The molecular weight excluding hydrogens is 399 g/mol. The number of ether oxygens (including phenoxy) is 1. The maximum Gasteiger partial charge on any atom is 0.387 e. The minimum absolute atomic E-state index is 0.0891. The SMILES string of the molecule is CCCC1CCC(c2cc(F)c(C#Cc3ccc(OC(F)F)c(F)c3)c(F)c2)CC1. The zero-order valence-corrected chi connectivity index (χ0v) is 16.7. The van der Waals surface area contributed by atoms with E-state index < -0.39 is 35.4 Å². The van der Waals surface area contributed by atoms with Gasteiger partial charge in [-0.2, -0.15) is 8.78 Å². The minimum atomic E-state index is -3.15. The third-order valence-electron chi connectivity index (χ3n) is 5.56. The first-order valence-electron chi connectivity index (χ1n) is 10.1. The summed E-state index contributed by atoms with van der Waals surface area (Å²) < 4.78 is 71.2. The van der Waals surface area contributed by atoms with E-state index in [1.54, 1.807) is 0 Å². The second kappa shape index (κ2) is 9.97. The van der Waals surface area contributed by atoms with E-state index in [0.29, 0.717) is 11.5 Å². The molecule has 2 aromatic rings. The zero-order chi connectivity index (χ0) is 21.7. The van der Waals surface area contributed by atoms with Gasteiger partial charge in [-0.15, -0.1) is 0 Å². The number of hydrogen-bond acceptors (Lipinski definition) is 1. The molecule has 1 aliphatic rings. The highest BCUT2D eigenvalue weighted by atomic mass is 19.3. The zero-order valence-electron chi connectivity index (χ0n) is 16.7. The molecule has 0 saturated heterocycles. The molecule has 0 aliphatic heterocycles. The van der Waals surface area contributed by atoms with Crippen molar-refractivity contribution in [2.24, 2.45) is 5.92 Å². The first kappa shape index (κ1) is 22.1. The van der Waals surface area contributed by atoms with Gasteiger partial charge in [0.25, 0.3) is 0 Å². The average molecular weight is 422 g/mol. The third-order valence-corrected chi connectivity index (χ3v) is 5.56. The van der Waals surface area contributed by atoms with Crippen molar-refractivity contribution in [3.05, 3.63) is 64.5 Å². The first-order valence-corrected chi connectivity index (χ1v) is 10.1. The van der Waals surface area contributed by atoms with Crippen molar-refractivity contribution in [1.82, 2.24) is 0 Å². The molecule has 0 bridgehead atoms. The van der Waals surface area contributed by atoms with Crippen LogP contribution in [0.2, 0.25) is 0 Å². The fraction of sp³-hybridized carbons (Fsp3) is 0.417. The van der Waals surface area contributed by atoms with Crippen LogP contribution in [0, 0.1) is 35.2 Å². The largest absolute Gasteiger partial charge is 0.432 e. The lowest BCUT2D eigenvalue weighted by atomic mass is 9.77. The molecule has 0 N–H and O–H groups in total. The van der Waals surface area contributed by atoms with E-state index in [1.165, 1.54) is 24.6 Å². The van der Waals surface area contributed by atoms with Gasteiger partial charge >= 0.3 is 6.61 Å². The summed E-state index contributed by atoms with van der Waals surface area (Å²) in [4.78, 5) is 0. The molecule has 0 atom stereocenters. The molecule has 1 fully saturated rings. The molecule has 30 heavy (non-hydrogen) atoms. The Morgan fingerprint density at radius 2 is 1.60 bits per heavy atom. The number of benzene rings is 2. The van der Waals surface area contributed by atoms with Gasteiger partial charge in [-0.1, -0.05) is 31.6 Å². The van der Waals surface area contributed by atoms with Gasteiger partial charge in [0.15, 0.2) is 11.6 Å². The van der Waals surface area contributed by atoms with Crippen LogP contribution in [0.15, 0.2) is 30.3 Å². The summed E-state index contributed by atoms with van der Waals surface area (Å²) in [5, 5.41) is 0. The quantitative estimate of drug-likeness (QED) is 0.366. The van der Waals surface area contributed by atoms with Crippen molar-refractivity contribution in [2.75, 3.05) is 0 Å². The molecule has 0 heterocycles. The molecule has 1 saturated carbocycles. The predicted molar refractivity (Wildman–Crippen MR) is 105 cm³/mol. The number of hydrogen-bond donors (Lipinski definition) is 0.